The van der Waals surface area contributed by atoms with Crippen LogP contribution < -0.4 is 4.90 Å². The number of anilines is 1. The van der Waals surface area contributed by atoms with E-state index in [0.29, 0.717) is 6.04 Å². The zero-order valence-electron chi connectivity index (χ0n) is 13.1. The van der Waals surface area contributed by atoms with Gasteiger partial charge in [-0.25, -0.2) is 0 Å². The molecule has 0 aromatic heterocycles. The number of rotatable bonds is 3. The molecule has 1 unspecified atom stereocenters. The SMILES string of the molecule is c1ccc(CCN2CCN3c4ccccc4CCC3C2)cc1. The number of para-hydroxylation sites is 1. The van der Waals surface area contributed by atoms with Gasteiger partial charge < -0.3 is 4.90 Å². The van der Waals surface area contributed by atoms with Crippen LogP contribution in [0.5, 0.6) is 0 Å². The van der Waals surface area contributed by atoms with E-state index in [0.717, 1.165) is 0 Å². The third-order valence-corrected chi connectivity index (χ3v) is 5.17. The zero-order valence-corrected chi connectivity index (χ0v) is 13.1. The molecule has 0 spiro atoms. The molecule has 4 rings (SSSR count). The molecule has 2 aromatic rings. The number of benzene rings is 2. The maximum Gasteiger partial charge on any atom is 0.0420 e. The highest BCUT2D eigenvalue weighted by molar-refractivity contribution is 5.57. The zero-order chi connectivity index (χ0) is 14.8. The van der Waals surface area contributed by atoms with E-state index in [2.05, 4.69) is 64.4 Å². The lowest BCUT2D eigenvalue weighted by molar-refractivity contribution is 0.216. The van der Waals surface area contributed by atoms with E-state index < -0.39 is 0 Å². The first-order valence-electron chi connectivity index (χ1n) is 8.51. The number of hydrogen-bond donors (Lipinski definition) is 0. The molecule has 1 fully saturated rings. The van der Waals surface area contributed by atoms with Crippen molar-refractivity contribution in [2.45, 2.75) is 25.3 Å². The first kappa shape index (κ1) is 13.8. The van der Waals surface area contributed by atoms with E-state index in [1.807, 2.05) is 0 Å². The Morgan fingerprint density at radius 2 is 1.73 bits per heavy atom. The molecule has 0 bridgehead atoms. The van der Waals surface area contributed by atoms with E-state index in [9.17, 15) is 0 Å². The topological polar surface area (TPSA) is 6.48 Å². The van der Waals surface area contributed by atoms with Crippen molar-refractivity contribution in [1.29, 1.82) is 0 Å². The summed E-state index contributed by atoms with van der Waals surface area (Å²) in [6, 6.07) is 20.5. The van der Waals surface area contributed by atoms with Crippen molar-refractivity contribution in [3.63, 3.8) is 0 Å². The molecule has 0 aliphatic carbocycles. The summed E-state index contributed by atoms with van der Waals surface area (Å²) >= 11 is 0. The summed E-state index contributed by atoms with van der Waals surface area (Å²) in [7, 11) is 0. The largest absolute Gasteiger partial charge is 0.366 e. The first-order valence-corrected chi connectivity index (χ1v) is 8.51. The third kappa shape index (κ3) is 2.76. The van der Waals surface area contributed by atoms with Gasteiger partial charge in [0, 0.05) is 37.9 Å². The van der Waals surface area contributed by atoms with Crippen LogP contribution in [0.4, 0.5) is 5.69 Å². The van der Waals surface area contributed by atoms with Crippen molar-refractivity contribution in [2.24, 2.45) is 0 Å². The Bertz CT molecular complexity index is 623. The highest BCUT2D eigenvalue weighted by Gasteiger charge is 2.30. The van der Waals surface area contributed by atoms with Crippen molar-refractivity contribution in [3.05, 3.63) is 65.7 Å². The lowest BCUT2D eigenvalue weighted by atomic mass is 9.94. The van der Waals surface area contributed by atoms with Crippen LogP contribution in [-0.2, 0) is 12.8 Å². The minimum Gasteiger partial charge on any atom is -0.366 e. The molecule has 1 saturated heterocycles. The van der Waals surface area contributed by atoms with Gasteiger partial charge in [-0.15, -0.1) is 0 Å². The van der Waals surface area contributed by atoms with Crippen molar-refractivity contribution >= 4 is 5.69 Å². The Hall–Kier alpha value is -1.80. The summed E-state index contributed by atoms with van der Waals surface area (Å²) in [6.45, 7) is 4.78. The molecule has 2 aliphatic heterocycles. The summed E-state index contributed by atoms with van der Waals surface area (Å²) in [4.78, 5) is 5.31. The normalized spacial score (nSPS) is 21.3. The van der Waals surface area contributed by atoms with Gasteiger partial charge in [0.15, 0.2) is 0 Å². The van der Waals surface area contributed by atoms with Gasteiger partial charge in [0.25, 0.3) is 0 Å². The highest BCUT2D eigenvalue weighted by atomic mass is 15.3. The summed E-state index contributed by atoms with van der Waals surface area (Å²) in [5, 5.41) is 0. The van der Waals surface area contributed by atoms with Gasteiger partial charge in [-0.2, -0.15) is 0 Å². The molecular formula is C20H24N2. The average molecular weight is 292 g/mol. The minimum atomic E-state index is 0.708. The fraction of sp³-hybridized carbons (Fsp3) is 0.400. The van der Waals surface area contributed by atoms with Crippen LogP contribution in [0.3, 0.4) is 0 Å². The average Bonchev–Trinajstić information content (AvgIpc) is 2.60. The summed E-state index contributed by atoms with van der Waals surface area (Å²) in [5.41, 5.74) is 4.48. The van der Waals surface area contributed by atoms with Crippen molar-refractivity contribution in [3.8, 4) is 0 Å². The number of aryl methyl sites for hydroxylation is 1. The number of hydrogen-bond acceptors (Lipinski definition) is 2. The fourth-order valence-corrected chi connectivity index (χ4v) is 3.94. The van der Waals surface area contributed by atoms with Crippen LogP contribution in [0.15, 0.2) is 54.6 Å². The molecule has 0 radical (unpaired) electrons. The van der Waals surface area contributed by atoms with Crippen LogP contribution >= 0.6 is 0 Å². The van der Waals surface area contributed by atoms with E-state index in [1.165, 1.54) is 62.3 Å². The van der Waals surface area contributed by atoms with Crippen molar-refractivity contribution in [1.82, 2.24) is 4.90 Å². The second-order valence-electron chi connectivity index (χ2n) is 6.55. The van der Waals surface area contributed by atoms with Crippen LogP contribution in [-0.4, -0.2) is 37.1 Å². The van der Waals surface area contributed by atoms with Gasteiger partial charge in [0.05, 0.1) is 0 Å². The van der Waals surface area contributed by atoms with E-state index in [4.69, 9.17) is 0 Å². The predicted octanol–water partition coefficient (Wildman–Crippen LogP) is 3.37. The molecule has 22 heavy (non-hydrogen) atoms. The maximum atomic E-state index is 2.65. The Morgan fingerprint density at radius 1 is 0.909 bits per heavy atom. The lowest BCUT2D eigenvalue weighted by Crippen LogP contribution is -2.55. The Labute approximate surface area is 133 Å². The Kier molecular flexibility index (Phi) is 3.86. The smallest absolute Gasteiger partial charge is 0.0420 e. The third-order valence-electron chi connectivity index (χ3n) is 5.17. The summed E-state index contributed by atoms with van der Waals surface area (Å²) in [6.07, 6.45) is 3.72. The molecule has 2 nitrogen and oxygen atoms in total. The molecular weight excluding hydrogens is 268 g/mol. The number of piperazine rings is 1. The molecule has 2 heterocycles. The van der Waals surface area contributed by atoms with Gasteiger partial charge >= 0.3 is 0 Å². The van der Waals surface area contributed by atoms with Gasteiger partial charge in [0.1, 0.15) is 0 Å². The number of fused-ring (bicyclic) bond motifs is 3. The monoisotopic (exact) mass is 292 g/mol. The number of nitrogens with zero attached hydrogens (tertiary/aromatic N) is 2. The molecule has 0 N–H and O–H groups in total. The molecule has 1 atom stereocenters. The van der Waals surface area contributed by atoms with Gasteiger partial charge in [-0.3, -0.25) is 4.90 Å². The highest BCUT2D eigenvalue weighted by Crippen LogP contribution is 2.32. The van der Waals surface area contributed by atoms with E-state index >= 15 is 0 Å². The van der Waals surface area contributed by atoms with Crippen molar-refractivity contribution in [2.75, 3.05) is 31.1 Å². The second-order valence-corrected chi connectivity index (χ2v) is 6.55. The van der Waals surface area contributed by atoms with Crippen LogP contribution in [0.1, 0.15) is 17.5 Å². The molecule has 2 aromatic carbocycles. The van der Waals surface area contributed by atoms with Crippen molar-refractivity contribution < 1.29 is 0 Å². The van der Waals surface area contributed by atoms with Crippen LogP contribution in [0.25, 0.3) is 0 Å². The molecule has 114 valence electrons. The minimum absolute atomic E-state index is 0.708. The summed E-state index contributed by atoms with van der Waals surface area (Å²) in [5.74, 6) is 0. The Balaban J connectivity index is 1.39. The second kappa shape index (κ2) is 6.13. The van der Waals surface area contributed by atoms with E-state index in [1.54, 1.807) is 0 Å². The molecule has 2 aliphatic rings. The molecule has 0 amide bonds. The van der Waals surface area contributed by atoms with Gasteiger partial charge in [-0.05, 0) is 36.5 Å². The quantitative estimate of drug-likeness (QED) is 0.856. The van der Waals surface area contributed by atoms with Crippen LogP contribution in [0, 0.1) is 0 Å². The van der Waals surface area contributed by atoms with E-state index in [-0.39, 0.29) is 0 Å². The lowest BCUT2D eigenvalue weighted by Gasteiger charge is -2.46. The maximum absolute atomic E-state index is 2.65. The fourth-order valence-electron chi connectivity index (χ4n) is 3.94. The van der Waals surface area contributed by atoms with Gasteiger partial charge in [-0.1, -0.05) is 48.5 Å². The van der Waals surface area contributed by atoms with Crippen LogP contribution in [0.2, 0.25) is 0 Å². The predicted molar refractivity (Wildman–Crippen MR) is 92.5 cm³/mol. The Morgan fingerprint density at radius 3 is 2.64 bits per heavy atom. The van der Waals surface area contributed by atoms with Gasteiger partial charge in [0.2, 0.25) is 0 Å². The first-order chi connectivity index (χ1) is 10.9. The molecule has 2 heteroatoms. The standard InChI is InChI=1S/C20H24N2/c1-2-6-17(7-3-1)12-13-21-14-15-22-19(16-21)11-10-18-8-4-5-9-20(18)22/h1-9,19H,10-16H2. The summed E-state index contributed by atoms with van der Waals surface area (Å²) < 4.78 is 0. The molecule has 0 saturated carbocycles.